The maximum absolute atomic E-state index is 16.5. The molecule has 4 rings (SSSR count). The topological polar surface area (TPSA) is 182 Å². The van der Waals surface area contributed by atoms with E-state index < -0.39 is 44.1 Å². The minimum atomic E-state index is -4.70. The molecule has 0 saturated heterocycles. The summed E-state index contributed by atoms with van der Waals surface area (Å²) < 4.78 is 74.8. The number of aromatic nitrogens is 4. The molecule has 0 saturated carbocycles. The van der Waals surface area contributed by atoms with E-state index in [9.17, 15) is 14.5 Å². The molecular formula is C30H39F2N6O8P. The highest BCUT2D eigenvalue weighted by Gasteiger charge is 2.54. The van der Waals surface area contributed by atoms with Crippen molar-refractivity contribution in [3.05, 3.63) is 48.8 Å². The molecule has 0 aliphatic carbocycles. The molecule has 4 aromatic rings. The number of hydrogen-bond acceptors (Lipinski definition) is 12. The molecule has 2 unspecified atom stereocenters. The molecule has 5 atom stereocenters. The first-order valence-electron chi connectivity index (χ1n) is 14.7. The molecule has 256 valence electrons. The Kier molecular flexibility index (Phi) is 11.0. The summed E-state index contributed by atoms with van der Waals surface area (Å²) in [5.41, 5.74) is 5.57. The first-order chi connectivity index (χ1) is 22.1. The number of nitrogens with one attached hydrogen (secondary N) is 1. The number of ether oxygens (including phenoxy) is 3. The quantitative estimate of drug-likeness (QED) is 0.110. The van der Waals surface area contributed by atoms with E-state index in [4.69, 9.17) is 29.0 Å². The number of imidazole rings is 1. The first-order valence-corrected chi connectivity index (χ1v) is 16.3. The largest absolute Gasteiger partial charge is 0.476 e. The Labute approximate surface area is 270 Å². The normalized spacial score (nSPS) is 17.1. The molecule has 0 spiro atoms. The lowest BCUT2D eigenvalue weighted by Gasteiger charge is -2.37. The van der Waals surface area contributed by atoms with Crippen LogP contribution in [-0.4, -0.2) is 75.5 Å². The zero-order valence-corrected chi connectivity index (χ0v) is 27.7. The number of aliphatic hydroxyl groups is 1. The van der Waals surface area contributed by atoms with E-state index in [1.807, 2.05) is 13.8 Å². The lowest BCUT2D eigenvalue weighted by molar-refractivity contribution is -0.253. The number of halogens is 2. The third-order valence-electron chi connectivity index (χ3n) is 7.04. The van der Waals surface area contributed by atoms with Crippen molar-refractivity contribution in [2.45, 2.75) is 58.4 Å². The van der Waals surface area contributed by atoms with Crippen molar-refractivity contribution in [3.63, 3.8) is 0 Å². The van der Waals surface area contributed by atoms with Crippen molar-refractivity contribution < 1.29 is 46.5 Å². The van der Waals surface area contributed by atoms with Crippen LogP contribution in [0.4, 0.5) is 14.7 Å². The molecule has 2 heterocycles. The third kappa shape index (κ3) is 7.96. The lowest BCUT2D eigenvalue weighted by Crippen LogP contribution is -2.55. The first kappa shape index (κ1) is 35.9. The summed E-state index contributed by atoms with van der Waals surface area (Å²) in [5.74, 6) is -7.39. The Balaban J connectivity index is 1.65. The van der Waals surface area contributed by atoms with Gasteiger partial charge in [-0.1, -0.05) is 50.2 Å². The van der Waals surface area contributed by atoms with Crippen LogP contribution in [-0.2, 0) is 29.1 Å². The number of carbonyl (C=O) groups excluding carboxylic acids is 1. The Bertz CT molecular complexity index is 1750. The molecule has 0 amide bonds. The summed E-state index contributed by atoms with van der Waals surface area (Å²) in [7, 11) is -3.84. The number of methoxy groups -OCH3 is 1. The van der Waals surface area contributed by atoms with Gasteiger partial charge in [-0.05, 0) is 38.1 Å². The van der Waals surface area contributed by atoms with Crippen LogP contribution in [0, 0.1) is 5.92 Å². The molecule has 17 heteroatoms. The van der Waals surface area contributed by atoms with Crippen LogP contribution in [0.15, 0.2) is 48.8 Å². The summed E-state index contributed by atoms with van der Waals surface area (Å²) in [6.07, 6.45) is -1.69. The standard InChI is InChI=1S/C30H39F2N6O8P/c1-7-43-25-23-24(35-28(33)36-25)38(17-34-23)29(5,31)27(40)30(32,42-6)16-45-47(41,37-19(4)26(39)44-15-18(2)3)46-22-14-10-12-20-11-8-9-13-21(20)22/h8-14,17-19,27,40H,7,15-16H2,1-6H3,(H,37,41)(H2,33,35,36)/t19?,27-,29-,30+,47?/m0/s1. The van der Waals surface area contributed by atoms with Crippen LogP contribution in [0.3, 0.4) is 0 Å². The van der Waals surface area contributed by atoms with Crippen molar-refractivity contribution in [2.24, 2.45) is 5.92 Å². The molecule has 0 aliphatic heterocycles. The number of esters is 1. The van der Waals surface area contributed by atoms with E-state index in [1.165, 1.54) is 13.0 Å². The lowest BCUT2D eigenvalue weighted by atomic mass is 10.0. The van der Waals surface area contributed by atoms with Crippen molar-refractivity contribution in [1.29, 1.82) is 0 Å². The fraction of sp³-hybridized carbons (Fsp3) is 0.467. The van der Waals surface area contributed by atoms with Crippen LogP contribution in [0.25, 0.3) is 21.9 Å². The number of benzene rings is 2. The second-order valence-corrected chi connectivity index (χ2v) is 12.9. The van der Waals surface area contributed by atoms with E-state index in [2.05, 4.69) is 20.0 Å². The Morgan fingerprint density at radius 1 is 1.15 bits per heavy atom. The number of nitrogens with two attached hydrogens (primary N) is 1. The van der Waals surface area contributed by atoms with Crippen LogP contribution in [0.5, 0.6) is 11.6 Å². The van der Waals surface area contributed by atoms with Crippen molar-refractivity contribution in [3.8, 4) is 11.6 Å². The fourth-order valence-electron chi connectivity index (χ4n) is 4.55. The van der Waals surface area contributed by atoms with Gasteiger partial charge in [0.05, 0.1) is 19.5 Å². The number of rotatable bonds is 16. The zero-order chi connectivity index (χ0) is 34.6. The number of anilines is 1. The fourth-order valence-corrected chi connectivity index (χ4v) is 6.08. The van der Waals surface area contributed by atoms with Crippen molar-refractivity contribution in [2.75, 3.05) is 32.7 Å². The zero-order valence-electron chi connectivity index (χ0n) is 26.8. The number of nitrogens with zero attached hydrogens (tertiary/aromatic N) is 4. The highest BCUT2D eigenvalue weighted by Crippen LogP contribution is 2.48. The van der Waals surface area contributed by atoms with E-state index in [0.29, 0.717) is 5.39 Å². The van der Waals surface area contributed by atoms with Gasteiger partial charge < -0.3 is 29.6 Å². The molecule has 0 fully saturated rings. The van der Waals surface area contributed by atoms with E-state index in [1.54, 1.807) is 43.3 Å². The SMILES string of the molecule is CCOc1nc(N)nc2c1ncn2[C@](C)(F)[C@H](O)[C@@](F)(COP(=O)(NC(C)C(=O)OCC(C)C)Oc1cccc2ccccc12)OC. The number of nitrogen functional groups attached to an aromatic ring is 1. The van der Waals surface area contributed by atoms with Gasteiger partial charge in [0.15, 0.2) is 17.3 Å². The molecule has 2 aromatic heterocycles. The van der Waals surface area contributed by atoms with Gasteiger partial charge in [0.1, 0.15) is 18.4 Å². The monoisotopic (exact) mass is 680 g/mol. The Hall–Kier alpha value is -3.95. The highest BCUT2D eigenvalue weighted by atomic mass is 31.2. The highest BCUT2D eigenvalue weighted by molar-refractivity contribution is 7.52. The molecule has 2 aromatic carbocycles. The van der Waals surface area contributed by atoms with E-state index in [-0.39, 0.29) is 47.9 Å². The molecule has 0 bridgehead atoms. The Morgan fingerprint density at radius 3 is 2.53 bits per heavy atom. The van der Waals surface area contributed by atoms with E-state index >= 15 is 8.78 Å². The number of hydrogen-bond donors (Lipinski definition) is 3. The average molecular weight is 681 g/mol. The maximum atomic E-state index is 16.5. The van der Waals surface area contributed by atoms with Crippen LogP contribution in [0.1, 0.15) is 34.6 Å². The van der Waals surface area contributed by atoms with E-state index in [0.717, 1.165) is 30.3 Å². The smallest absolute Gasteiger partial charge is 0.459 e. The van der Waals surface area contributed by atoms with Gasteiger partial charge in [-0.15, -0.1) is 0 Å². The van der Waals surface area contributed by atoms with Crippen molar-refractivity contribution in [1.82, 2.24) is 24.6 Å². The summed E-state index contributed by atoms with van der Waals surface area (Å²) in [6, 6.07) is 10.7. The number of carbonyl (C=O) groups is 1. The molecule has 0 radical (unpaired) electrons. The predicted octanol–water partition coefficient (Wildman–Crippen LogP) is 4.66. The average Bonchev–Trinajstić information content (AvgIpc) is 3.47. The summed E-state index contributed by atoms with van der Waals surface area (Å²) in [5, 5.41) is 14.9. The summed E-state index contributed by atoms with van der Waals surface area (Å²) in [6.45, 7) is 6.51. The molecule has 0 aliphatic rings. The second kappa shape index (κ2) is 14.4. The molecule has 47 heavy (non-hydrogen) atoms. The van der Waals surface area contributed by atoms with Gasteiger partial charge in [-0.2, -0.15) is 15.1 Å². The third-order valence-corrected chi connectivity index (χ3v) is 8.65. The van der Waals surface area contributed by atoms with Gasteiger partial charge in [-0.25, -0.2) is 18.3 Å². The van der Waals surface area contributed by atoms with Gasteiger partial charge >= 0.3 is 13.7 Å². The Morgan fingerprint density at radius 2 is 1.85 bits per heavy atom. The summed E-state index contributed by atoms with van der Waals surface area (Å²) >= 11 is 0. The van der Waals surface area contributed by atoms with Crippen molar-refractivity contribution >= 4 is 41.6 Å². The van der Waals surface area contributed by atoms with Gasteiger partial charge in [-0.3, -0.25) is 13.9 Å². The summed E-state index contributed by atoms with van der Waals surface area (Å²) in [4.78, 5) is 24.7. The number of alkyl halides is 2. The number of aliphatic hydroxyl groups excluding tert-OH is 1. The predicted molar refractivity (Wildman–Crippen MR) is 169 cm³/mol. The van der Waals surface area contributed by atoms with Crippen LogP contribution in [0.2, 0.25) is 0 Å². The van der Waals surface area contributed by atoms with Crippen LogP contribution >= 0.6 is 7.75 Å². The molecule has 14 nitrogen and oxygen atoms in total. The van der Waals surface area contributed by atoms with Gasteiger partial charge in [0, 0.05) is 12.5 Å². The minimum absolute atomic E-state index is 0.00535. The molecule has 4 N–H and O–H groups in total. The van der Waals surface area contributed by atoms with Crippen LogP contribution < -0.4 is 20.1 Å². The molecular weight excluding hydrogens is 641 g/mol. The minimum Gasteiger partial charge on any atom is -0.476 e. The van der Waals surface area contributed by atoms with Gasteiger partial charge in [0.25, 0.3) is 5.85 Å². The van der Waals surface area contributed by atoms with Gasteiger partial charge in [0.2, 0.25) is 17.6 Å². The second-order valence-electron chi connectivity index (χ2n) is 11.2. The number of fused-ring (bicyclic) bond motifs is 2. The maximum Gasteiger partial charge on any atom is 0.459 e.